The summed E-state index contributed by atoms with van der Waals surface area (Å²) in [4.78, 5) is 12.6. The van der Waals surface area contributed by atoms with Crippen LogP contribution in [0.15, 0.2) is 55.1 Å². The Morgan fingerprint density at radius 3 is 2.20 bits per heavy atom. The van der Waals surface area contributed by atoms with Gasteiger partial charge in [0.25, 0.3) is 0 Å². The number of allylic oxidation sites excluding steroid dienone is 2. The van der Waals surface area contributed by atoms with Gasteiger partial charge in [-0.15, -0.1) is 6.58 Å². The Hall–Kier alpha value is -3.01. The number of aromatic hydroxyl groups is 1. The van der Waals surface area contributed by atoms with Crippen molar-refractivity contribution in [2.75, 3.05) is 13.2 Å². The summed E-state index contributed by atoms with van der Waals surface area (Å²) < 4.78 is 12.0. The number of rotatable bonds is 11. The average Bonchev–Trinajstić information content (AvgIpc) is 2.75. The molecule has 0 unspecified atom stereocenters. The molecule has 0 heterocycles. The Morgan fingerprint density at radius 1 is 1.03 bits per heavy atom. The zero-order chi connectivity index (χ0) is 22.1. The number of ether oxygens (including phenoxy) is 2. The molecular weight excluding hydrogens is 376 g/mol. The van der Waals surface area contributed by atoms with Gasteiger partial charge in [-0.05, 0) is 55.3 Å². The van der Waals surface area contributed by atoms with E-state index in [0.717, 1.165) is 29.7 Å². The molecule has 4 nitrogen and oxygen atoms in total. The molecule has 0 fully saturated rings. The van der Waals surface area contributed by atoms with Gasteiger partial charge in [0.2, 0.25) is 0 Å². The molecule has 0 aliphatic rings. The highest BCUT2D eigenvalue weighted by Crippen LogP contribution is 2.38. The van der Waals surface area contributed by atoms with E-state index in [9.17, 15) is 9.90 Å². The summed E-state index contributed by atoms with van der Waals surface area (Å²) in [6.07, 6.45) is 6.97. The fraction of sp³-hybridized carbons (Fsp3) is 0.346. The Bertz CT molecular complexity index is 892. The van der Waals surface area contributed by atoms with E-state index >= 15 is 0 Å². The SMILES string of the molecule is C=CC(C)(C)c1cc(/C=C/C(=O)c2ccc(O)cc2)c(OCCC)cc1OCCC. The normalized spacial score (nSPS) is 11.5. The first-order valence-electron chi connectivity index (χ1n) is 10.4. The van der Waals surface area contributed by atoms with Gasteiger partial charge in [-0.25, -0.2) is 0 Å². The topological polar surface area (TPSA) is 55.8 Å². The van der Waals surface area contributed by atoms with Gasteiger partial charge in [0.15, 0.2) is 5.78 Å². The molecular formula is C26H32O4. The van der Waals surface area contributed by atoms with E-state index < -0.39 is 0 Å². The molecule has 0 amide bonds. The molecule has 2 aromatic carbocycles. The van der Waals surface area contributed by atoms with Crippen molar-refractivity contribution < 1.29 is 19.4 Å². The van der Waals surface area contributed by atoms with Crippen molar-refractivity contribution in [2.24, 2.45) is 0 Å². The lowest BCUT2D eigenvalue weighted by atomic mass is 9.83. The van der Waals surface area contributed by atoms with Gasteiger partial charge in [-0.1, -0.05) is 33.8 Å². The van der Waals surface area contributed by atoms with E-state index in [-0.39, 0.29) is 16.9 Å². The Labute approximate surface area is 179 Å². The zero-order valence-corrected chi connectivity index (χ0v) is 18.4. The molecule has 0 radical (unpaired) electrons. The van der Waals surface area contributed by atoms with Crippen molar-refractivity contribution in [2.45, 2.75) is 46.0 Å². The van der Waals surface area contributed by atoms with Crippen LogP contribution in [-0.4, -0.2) is 24.1 Å². The first-order chi connectivity index (χ1) is 14.3. The van der Waals surface area contributed by atoms with E-state index in [1.165, 1.54) is 18.2 Å². The summed E-state index contributed by atoms with van der Waals surface area (Å²) in [5.74, 6) is 1.44. The van der Waals surface area contributed by atoms with E-state index in [4.69, 9.17) is 9.47 Å². The number of phenolic OH excluding ortho intramolecular Hbond substituents is 1. The number of phenols is 1. The lowest BCUT2D eigenvalue weighted by Crippen LogP contribution is -2.16. The average molecular weight is 409 g/mol. The van der Waals surface area contributed by atoms with Crippen LogP contribution in [-0.2, 0) is 5.41 Å². The zero-order valence-electron chi connectivity index (χ0n) is 18.4. The molecule has 0 aliphatic heterocycles. The molecule has 0 atom stereocenters. The summed E-state index contributed by atoms with van der Waals surface area (Å²) in [5, 5.41) is 9.42. The van der Waals surface area contributed by atoms with Crippen molar-refractivity contribution >= 4 is 11.9 Å². The molecule has 0 aliphatic carbocycles. The smallest absolute Gasteiger partial charge is 0.185 e. The molecule has 0 saturated carbocycles. The van der Waals surface area contributed by atoms with E-state index in [1.807, 2.05) is 25.1 Å². The number of hydrogen-bond acceptors (Lipinski definition) is 4. The third-order valence-corrected chi connectivity index (χ3v) is 4.81. The predicted octanol–water partition coefficient (Wildman–Crippen LogP) is 6.33. The van der Waals surface area contributed by atoms with Crippen LogP contribution in [0.4, 0.5) is 0 Å². The van der Waals surface area contributed by atoms with Gasteiger partial charge in [-0.2, -0.15) is 0 Å². The molecule has 1 N–H and O–H groups in total. The maximum Gasteiger partial charge on any atom is 0.185 e. The monoisotopic (exact) mass is 408 g/mol. The highest BCUT2D eigenvalue weighted by atomic mass is 16.5. The van der Waals surface area contributed by atoms with Crippen LogP contribution in [0, 0.1) is 0 Å². The fourth-order valence-electron chi connectivity index (χ4n) is 2.88. The van der Waals surface area contributed by atoms with Gasteiger partial charge >= 0.3 is 0 Å². The number of ketones is 1. The second-order valence-electron chi connectivity index (χ2n) is 7.75. The number of carbonyl (C=O) groups is 1. The van der Waals surface area contributed by atoms with E-state index in [1.54, 1.807) is 18.2 Å². The highest BCUT2D eigenvalue weighted by Gasteiger charge is 2.23. The van der Waals surface area contributed by atoms with Crippen LogP contribution in [0.1, 0.15) is 62.0 Å². The van der Waals surface area contributed by atoms with Gasteiger partial charge in [0.1, 0.15) is 17.2 Å². The molecule has 30 heavy (non-hydrogen) atoms. The summed E-state index contributed by atoms with van der Waals surface area (Å²) in [6.45, 7) is 13.4. The Kier molecular flexibility index (Phi) is 8.28. The van der Waals surface area contributed by atoms with Crippen molar-refractivity contribution in [3.05, 3.63) is 71.8 Å². The molecule has 2 aromatic rings. The minimum absolute atomic E-state index is 0.129. The molecule has 0 spiro atoms. The van der Waals surface area contributed by atoms with Crippen molar-refractivity contribution in [1.82, 2.24) is 0 Å². The molecule has 0 aromatic heterocycles. The van der Waals surface area contributed by atoms with Crippen molar-refractivity contribution in [3.63, 3.8) is 0 Å². The standard InChI is InChI=1S/C26H32O4/c1-6-15-29-24-18-25(30-16-7-2)22(26(4,5)8-3)17-20(24)11-14-23(28)19-9-12-21(27)13-10-19/h8-14,17-18,27H,3,6-7,15-16H2,1-2,4-5H3/b14-11+. The predicted molar refractivity (Wildman–Crippen MR) is 123 cm³/mol. The highest BCUT2D eigenvalue weighted by molar-refractivity contribution is 6.07. The summed E-state index contributed by atoms with van der Waals surface area (Å²) in [5.41, 5.74) is 2.00. The number of hydrogen-bond donors (Lipinski definition) is 1. The van der Waals surface area contributed by atoms with Crippen molar-refractivity contribution in [1.29, 1.82) is 0 Å². The van der Waals surface area contributed by atoms with Crippen LogP contribution in [0.2, 0.25) is 0 Å². The van der Waals surface area contributed by atoms with Crippen LogP contribution in [0.3, 0.4) is 0 Å². The quantitative estimate of drug-likeness (QED) is 0.268. The minimum Gasteiger partial charge on any atom is -0.508 e. The fourth-order valence-corrected chi connectivity index (χ4v) is 2.88. The second-order valence-corrected chi connectivity index (χ2v) is 7.75. The first-order valence-corrected chi connectivity index (χ1v) is 10.4. The maximum atomic E-state index is 12.6. The van der Waals surface area contributed by atoms with Gasteiger partial charge in [0, 0.05) is 28.2 Å². The first kappa shape index (κ1) is 23.3. The van der Waals surface area contributed by atoms with E-state index in [2.05, 4.69) is 27.4 Å². The van der Waals surface area contributed by atoms with Crippen LogP contribution < -0.4 is 9.47 Å². The third kappa shape index (κ3) is 5.99. The summed E-state index contributed by atoms with van der Waals surface area (Å²) >= 11 is 0. The lowest BCUT2D eigenvalue weighted by molar-refractivity contribution is 0.104. The molecule has 0 saturated heterocycles. The van der Waals surface area contributed by atoms with Gasteiger partial charge in [-0.3, -0.25) is 4.79 Å². The molecule has 4 heteroatoms. The van der Waals surface area contributed by atoms with Crippen molar-refractivity contribution in [3.8, 4) is 17.2 Å². The minimum atomic E-state index is -0.310. The molecule has 160 valence electrons. The largest absolute Gasteiger partial charge is 0.508 e. The number of benzene rings is 2. The van der Waals surface area contributed by atoms with Crippen LogP contribution in [0.5, 0.6) is 17.2 Å². The maximum absolute atomic E-state index is 12.6. The second kappa shape index (κ2) is 10.7. The van der Waals surface area contributed by atoms with Gasteiger partial charge < -0.3 is 14.6 Å². The Balaban J connectivity index is 2.48. The summed E-state index contributed by atoms with van der Waals surface area (Å²) in [6, 6.07) is 10.1. The summed E-state index contributed by atoms with van der Waals surface area (Å²) in [7, 11) is 0. The molecule has 2 rings (SSSR count). The van der Waals surface area contributed by atoms with Crippen LogP contribution in [0.25, 0.3) is 6.08 Å². The van der Waals surface area contributed by atoms with Crippen LogP contribution >= 0.6 is 0 Å². The third-order valence-electron chi connectivity index (χ3n) is 4.81. The molecule has 0 bridgehead atoms. The van der Waals surface area contributed by atoms with Gasteiger partial charge in [0.05, 0.1) is 13.2 Å². The number of carbonyl (C=O) groups excluding carboxylic acids is 1. The Morgan fingerprint density at radius 2 is 1.63 bits per heavy atom. The lowest BCUT2D eigenvalue weighted by Gasteiger charge is -2.25. The van der Waals surface area contributed by atoms with E-state index in [0.29, 0.717) is 24.5 Å².